The van der Waals surface area contributed by atoms with E-state index in [1.807, 2.05) is 24.0 Å². The fourth-order valence-electron chi connectivity index (χ4n) is 1.64. The lowest BCUT2D eigenvalue weighted by Gasteiger charge is -2.03. The predicted molar refractivity (Wildman–Crippen MR) is 71.1 cm³/mol. The van der Waals surface area contributed by atoms with Gasteiger partial charge in [0, 0.05) is 16.0 Å². The molecule has 0 saturated carbocycles. The summed E-state index contributed by atoms with van der Waals surface area (Å²) in [6, 6.07) is 3.86. The number of aryl methyl sites for hydroxylation is 1. The van der Waals surface area contributed by atoms with E-state index >= 15 is 0 Å². The van der Waals surface area contributed by atoms with Gasteiger partial charge in [0.1, 0.15) is 5.56 Å². The van der Waals surface area contributed by atoms with Crippen molar-refractivity contribution >= 4 is 17.3 Å². The summed E-state index contributed by atoms with van der Waals surface area (Å²) in [6.45, 7) is 2.28. The number of carboxylic acids is 1. The highest BCUT2D eigenvalue weighted by Crippen LogP contribution is 2.17. The summed E-state index contributed by atoms with van der Waals surface area (Å²) in [5.74, 6) is -1.35. The van der Waals surface area contributed by atoms with Crippen LogP contribution >= 0.6 is 11.3 Å². The van der Waals surface area contributed by atoms with Gasteiger partial charge in [0.05, 0.1) is 6.54 Å². The molecule has 0 radical (unpaired) electrons. The zero-order valence-electron chi connectivity index (χ0n) is 10.2. The second kappa shape index (κ2) is 5.23. The van der Waals surface area contributed by atoms with Crippen LogP contribution in [0.4, 0.5) is 0 Å². The maximum Gasteiger partial charge on any atom is 0.342 e. The normalized spacial score (nSPS) is 10.6. The number of aromatic carboxylic acids is 1. The molecule has 2 rings (SSSR count). The maximum absolute atomic E-state index is 11.6. The van der Waals surface area contributed by atoms with E-state index < -0.39 is 22.8 Å². The maximum atomic E-state index is 11.6. The number of nitrogens with one attached hydrogen (secondary N) is 1. The van der Waals surface area contributed by atoms with Gasteiger partial charge in [-0.2, -0.15) is 0 Å². The van der Waals surface area contributed by atoms with Gasteiger partial charge in [0.25, 0.3) is 5.56 Å². The van der Waals surface area contributed by atoms with Crippen molar-refractivity contribution in [1.29, 1.82) is 0 Å². The van der Waals surface area contributed by atoms with E-state index in [1.165, 1.54) is 9.44 Å². The Balaban J connectivity index is 2.39. The molecule has 2 aromatic rings. The number of hydrogen-bond acceptors (Lipinski definition) is 4. The quantitative estimate of drug-likeness (QED) is 0.870. The Kier molecular flexibility index (Phi) is 3.66. The first-order valence-electron chi connectivity index (χ1n) is 5.66. The van der Waals surface area contributed by atoms with Gasteiger partial charge in [0.2, 0.25) is 0 Å². The van der Waals surface area contributed by atoms with Crippen LogP contribution in [0, 0.1) is 0 Å². The van der Waals surface area contributed by atoms with Crippen LogP contribution in [0.5, 0.6) is 0 Å². The molecule has 0 fully saturated rings. The number of thiophene rings is 1. The summed E-state index contributed by atoms with van der Waals surface area (Å²) < 4.78 is 1.19. The second-order valence-electron chi connectivity index (χ2n) is 3.96. The van der Waals surface area contributed by atoms with Crippen LogP contribution in [0.2, 0.25) is 0 Å². The number of aromatic amines is 1. The average Bonchev–Trinajstić information content (AvgIpc) is 2.80. The molecule has 0 amide bonds. The van der Waals surface area contributed by atoms with Crippen LogP contribution in [-0.4, -0.2) is 20.6 Å². The van der Waals surface area contributed by atoms with Crippen LogP contribution in [-0.2, 0) is 13.0 Å². The fourth-order valence-corrected chi connectivity index (χ4v) is 2.60. The molecule has 7 heteroatoms. The molecule has 0 aromatic carbocycles. The highest BCUT2D eigenvalue weighted by Gasteiger charge is 2.12. The van der Waals surface area contributed by atoms with E-state index in [2.05, 4.69) is 0 Å². The van der Waals surface area contributed by atoms with Gasteiger partial charge >= 0.3 is 11.7 Å². The summed E-state index contributed by atoms with van der Waals surface area (Å²) in [4.78, 5) is 37.9. The number of hydrogen-bond donors (Lipinski definition) is 2. The number of carboxylic acid groups (broad SMARTS) is 1. The Labute approximate surface area is 112 Å². The third-order valence-electron chi connectivity index (χ3n) is 2.63. The number of rotatable bonds is 4. The SMILES string of the molecule is CCc1ccc(Cn2cc(C(=O)O)c(=O)[nH]c2=O)s1. The number of H-pyrrole nitrogens is 1. The number of nitrogens with zero attached hydrogens (tertiary/aromatic N) is 1. The van der Waals surface area contributed by atoms with E-state index in [0.29, 0.717) is 0 Å². The third-order valence-corrected chi connectivity index (χ3v) is 3.85. The largest absolute Gasteiger partial charge is 0.477 e. The van der Waals surface area contributed by atoms with Gasteiger partial charge in [-0.25, -0.2) is 9.59 Å². The zero-order chi connectivity index (χ0) is 14.0. The van der Waals surface area contributed by atoms with Crippen LogP contribution < -0.4 is 11.2 Å². The summed E-state index contributed by atoms with van der Waals surface area (Å²) in [7, 11) is 0. The van der Waals surface area contributed by atoms with Crippen molar-refractivity contribution in [1.82, 2.24) is 9.55 Å². The van der Waals surface area contributed by atoms with Gasteiger partial charge in [-0.1, -0.05) is 6.92 Å². The van der Waals surface area contributed by atoms with Crippen molar-refractivity contribution in [2.45, 2.75) is 19.9 Å². The summed E-state index contributed by atoms with van der Waals surface area (Å²) in [5.41, 5.74) is -1.93. The zero-order valence-corrected chi connectivity index (χ0v) is 11.0. The van der Waals surface area contributed by atoms with Crippen molar-refractivity contribution in [3.8, 4) is 0 Å². The molecule has 2 aromatic heterocycles. The lowest BCUT2D eigenvalue weighted by Crippen LogP contribution is -2.33. The van der Waals surface area contributed by atoms with E-state index in [1.54, 1.807) is 11.3 Å². The molecule has 0 aliphatic heterocycles. The van der Waals surface area contributed by atoms with Gasteiger partial charge in [0.15, 0.2) is 0 Å². The molecule has 0 bridgehead atoms. The first kappa shape index (κ1) is 13.3. The van der Waals surface area contributed by atoms with Crippen molar-refractivity contribution in [2.24, 2.45) is 0 Å². The lowest BCUT2D eigenvalue weighted by molar-refractivity contribution is 0.0693. The molecule has 0 atom stereocenters. The Morgan fingerprint density at radius 2 is 2.05 bits per heavy atom. The monoisotopic (exact) mass is 280 g/mol. The molecular weight excluding hydrogens is 268 g/mol. The van der Waals surface area contributed by atoms with E-state index in [4.69, 9.17) is 5.11 Å². The standard InChI is InChI=1S/C12H12N2O4S/c1-2-7-3-4-8(19-7)5-14-6-9(11(16)17)10(15)13-12(14)18/h3-4,6H,2,5H2,1H3,(H,16,17)(H,13,15,18). The van der Waals surface area contributed by atoms with Crippen molar-refractivity contribution < 1.29 is 9.90 Å². The Morgan fingerprint density at radius 1 is 1.37 bits per heavy atom. The molecule has 2 N–H and O–H groups in total. The minimum absolute atomic E-state index is 0.251. The molecule has 0 unspecified atom stereocenters. The van der Waals surface area contributed by atoms with Gasteiger partial charge in [-0.15, -0.1) is 11.3 Å². The Bertz CT molecular complexity index is 726. The summed E-state index contributed by atoms with van der Waals surface area (Å²) in [5, 5.41) is 8.86. The Hall–Kier alpha value is -2.15. The smallest absolute Gasteiger partial charge is 0.342 e. The lowest BCUT2D eigenvalue weighted by atomic mass is 10.3. The van der Waals surface area contributed by atoms with Crippen molar-refractivity contribution in [2.75, 3.05) is 0 Å². The molecule has 2 heterocycles. The van der Waals surface area contributed by atoms with Crippen LogP contribution in [0.1, 0.15) is 27.0 Å². The summed E-state index contributed by atoms with van der Waals surface area (Å²) >= 11 is 1.56. The van der Waals surface area contributed by atoms with Crippen LogP contribution in [0.15, 0.2) is 27.9 Å². The highest BCUT2D eigenvalue weighted by atomic mass is 32.1. The topological polar surface area (TPSA) is 92.2 Å². The predicted octanol–water partition coefficient (Wildman–Crippen LogP) is 0.907. The molecular formula is C12H12N2O4S. The first-order valence-corrected chi connectivity index (χ1v) is 6.47. The van der Waals surface area contributed by atoms with Gasteiger partial charge in [-0.05, 0) is 18.6 Å². The first-order chi connectivity index (χ1) is 9.01. The molecule has 0 aliphatic rings. The molecule has 100 valence electrons. The van der Waals surface area contributed by atoms with Crippen LogP contribution in [0.3, 0.4) is 0 Å². The fraction of sp³-hybridized carbons (Fsp3) is 0.250. The highest BCUT2D eigenvalue weighted by molar-refractivity contribution is 7.11. The van der Waals surface area contributed by atoms with E-state index in [-0.39, 0.29) is 6.54 Å². The van der Waals surface area contributed by atoms with Crippen LogP contribution in [0.25, 0.3) is 0 Å². The van der Waals surface area contributed by atoms with Crippen molar-refractivity contribution in [3.05, 3.63) is 54.5 Å². The van der Waals surface area contributed by atoms with Gasteiger partial charge < -0.3 is 5.11 Å². The Morgan fingerprint density at radius 3 is 2.63 bits per heavy atom. The number of aromatic nitrogens is 2. The average molecular weight is 280 g/mol. The molecule has 0 spiro atoms. The molecule has 19 heavy (non-hydrogen) atoms. The van der Waals surface area contributed by atoms with Crippen molar-refractivity contribution in [3.63, 3.8) is 0 Å². The molecule has 0 aliphatic carbocycles. The minimum Gasteiger partial charge on any atom is -0.477 e. The van der Waals surface area contributed by atoms with Gasteiger partial charge in [-0.3, -0.25) is 14.3 Å². The molecule has 0 saturated heterocycles. The third kappa shape index (κ3) is 2.82. The minimum atomic E-state index is -1.35. The van der Waals surface area contributed by atoms with E-state index in [9.17, 15) is 14.4 Å². The second-order valence-corrected chi connectivity index (χ2v) is 5.21. The number of carbonyl (C=O) groups is 1. The molecule has 6 nitrogen and oxygen atoms in total. The summed E-state index contributed by atoms with van der Waals surface area (Å²) in [6.07, 6.45) is 1.99. The van der Waals surface area contributed by atoms with E-state index in [0.717, 1.165) is 17.5 Å².